The number of halogens is 1. The number of nitrogens with one attached hydrogen (secondary N) is 1. The number of rotatable bonds is 4. The Labute approximate surface area is 160 Å². The van der Waals surface area contributed by atoms with Crippen LogP contribution in [0.3, 0.4) is 0 Å². The number of fused-ring (bicyclic) bond motifs is 1. The van der Waals surface area contributed by atoms with Gasteiger partial charge in [0.05, 0.1) is 26.3 Å². The lowest BCUT2D eigenvalue weighted by molar-refractivity contribution is 0.373. The van der Waals surface area contributed by atoms with Crippen LogP contribution in [0, 0.1) is 0 Å². The predicted octanol–water partition coefficient (Wildman–Crippen LogP) is 4.20. The van der Waals surface area contributed by atoms with Gasteiger partial charge in [-0.1, -0.05) is 28.1 Å². The smallest absolute Gasteiger partial charge is 0.222 e. The highest BCUT2D eigenvalue weighted by Gasteiger charge is 2.32. The Bertz CT molecular complexity index is 927. The molecule has 2 heterocycles. The second kappa shape index (κ2) is 6.99. The largest absolute Gasteiger partial charge is 0.497 e. The summed E-state index contributed by atoms with van der Waals surface area (Å²) in [5.41, 5.74) is 2.22. The van der Waals surface area contributed by atoms with Gasteiger partial charge in [0.25, 0.3) is 0 Å². The van der Waals surface area contributed by atoms with E-state index in [0.717, 1.165) is 33.9 Å². The summed E-state index contributed by atoms with van der Waals surface area (Å²) in [6, 6.07) is 14.3. The van der Waals surface area contributed by atoms with Crippen molar-refractivity contribution in [1.82, 2.24) is 14.8 Å². The molecule has 134 valence electrons. The minimum atomic E-state index is -0.0113. The van der Waals surface area contributed by atoms with Crippen LogP contribution in [0.15, 0.2) is 53.3 Å². The van der Waals surface area contributed by atoms with Gasteiger partial charge in [0.15, 0.2) is 0 Å². The average Bonchev–Trinajstić information content (AvgIpc) is 3.15. The Morgan fingerprint density at radius 1 is 1.15 bits per heavy atom. The highest BCUT2D eigenvalue weighted by Crippen LogP contribution is 2.41. The Hall–Kier alpha value is -2.54. The maximum absolute atomic E-state index is 5.60. The Kier molecular flexibility index (Phi) is 4.55. The Morgan fingerprint density at radius 3 is 2.81 bits per heavy atom. The van der Waals surface area contributed by atoms with E-state index in [1.54, 1.807) is 20.5 Å². The summed E-state index contributed by atoms with van der Waals surface area (Å²) in [6.07, 6.45) is 2.39. The number of benzene rings is 2. The molecule has 0 saturated carbocycles. The third-order valence-corrected chi connectivity index (χ3v) is 5.17. The summed E-state index contributed by atoms with van der Waals surface area (Å²) in [6.45, 7) is 0. The van der Waals surface area contributed by atoms with Crippen molar-refractivity contribution in [2.45, 2.75) is 18.5 Å². The van der Waals surface area contributed by atoms with Crippen LogP contribution in [0.1, 0.15) is 29.6 Å². The van der Waals surface area contributed by atoms with Crippen LogP contribution in [0.4, 0.5) is 5.95 Å². The summed E-state index contributed by atoms with van der Waals surface area (Å²) < 4.78 is 14.0. The van der Waals surface area contributed by atoms with Gasteiger partial charge in [-0.3, -0.25) is 0 Å². The fourth-order valence-corrected chi connectivity index (χ4v) is 3.84. The van der Waals surface area contributed by atoms with E-state index in [1.165, 1.54) is 5.56 Å². The zero-order valence-corrected chi connectivity index (χ0v) is 16.1. The van der Waals surface area contributed by atoms with Crippen LogP contribution in [0.5, 0.6) is 11.5 Å². The molecule has 0 spiro atoms. The van der Waals surface area contributed by atoms with Crippen molar-refractivity contribution in [1.29, 1.82) is 0 Å². The minimum Gasteiger partial charge on any atom is -0.497 e. The third-order valence-electron chi connectivity index (χ3n) is 4.68. The van der Waals surface area contributed by atoms with E-state index in [-0.39, 0.29) is 12.1 Å². The maximum atomic E-state index is 5.60. The molecule has 2 atom stereocenters. The van der Waals surface area contributed by atoms with Gasteiger partial charge >= 0.3 is 0 Å². The molecule has 7 heteroatoms. The number of hydrogen-bond donors (Lipinski definition) is 1. The molecule has 0 unspecified atom stereocenters. The monoisotopic (exact) mass is 414 g/mol. The molecule has 0 bridgehead atoms. The lowest BCUT2D eigenvalue weighted by Gasteiger charge is -2.32. The molecular weight excluding hydrogens is 396 g/mol. The zero-order valence-electron chi connectivity index (χ0n) is 14.5. The van der Waals surface area contributed by atoms with Gasteiger partial charge in [-0.05, 0) is 42.3 Å². The number of anilines is 1. The minimum absolute atomic E-state index is 0.0113. The molecule has 0 fully saturated rings. The molecule has 1 aliphatic heterocycles. The summed E-state index contributed by atoms with van der Waals surface area (Å²) >= 11 is 3.56. The predicted molar refractivity (Wildman–Crippen MR) is 103 cm³/mol. The van der Waals surface area contributed by atoms with E-state index in [9.17, 15) is 0 Å². The van der Waals surface area contributed by atoms with Crippen molar-refractivity contribution >= 4 is 21.9 Å². The highest BCUT2D eigenvalue weighted by atomic mass is 79.9. The van der Waals surface area contributed by atoms with Gasteiger partial charge in [0.2, 0.25) is 5.95 Å². The van der Waals surface area contributed by atoms with Gasteiger partial charge in [-0.25, -0.2) is 4.68 Å². The fraction of sp³-hybridized carbons (Fsp3) is 0.263. The average molecular weight is 415 g/mol. The van der Waals surface area contributed by atoms with Gasteiger partial charge in [-0.2, -0.15) is 10.1 Å². The quantitative estimate of drug-likeness (QED) is 0.692. The summed E-state index contributed by atoms with van der Waals surface area (Å²) in [5.74, 6) is 2.35. The maximum Gasteiger partial charge on any atom is 0.222 e. The lowest BCUT2D eigenvalue weighted by atomic mass is 9.92. The first kappa shape index (κ1) is 16.9. The molecule has 4 rings (SSSR count). The molecule has 0 radical (unpaired) electrons. The summed E-state index contributed by atoms with van der Waals surface area (Å²) in [5, 5.41) is 7.91. The number of aromatic nitrogens is 3. The van der Waals surface area contributed by atoms with Crippen molar-refractivity contribution in [3.63, 3.8) is 0 Å². The normalized spacial score (nSPS) is 18.7. The zero-order chi connectivity index (χ0) is 18.1. The van der Waals surface area contributed by atoms with Crippen molar-refractivity contribution < 1.29 is 9.47 Å². The SMILES string of the molecule is COc1ccc(OC)c([C@H]2C[C@H](c3cccc(Br)c3)Nc3ncnn32)c1. The number of methoxy groups -OCH3 is 2. The number of ether oxygens (including phenoxy) is 2. The molecule has 1 aliphatic rings. The topological polar surface area (TPSA) is 61.2 Å². The van der Waals surface area contributed by atoms with E-state index in [2.05, 4.69) is 43.5 Å². The van der Waals surface area contributed by atoms with Crippen LogP contribution in [-0.2, 0) is 0 Å². The molecule has 6 nitrogen and oxygen atoms in total. The molecule has 0 saturated heterocycles. The fourth-order valence-electron chi connectivity index (χ4n) is 3.42. The van der Waals surface area contributed by atoms with E-state index in [1.807, 2.05) is 35.0 Å². The van der Waals surface area contributed by atoms with Crippen molar-refractivity contribution in [3.8, 4) is 11.5 Å². The molecule has 0 aliphatic carbocycles. The van der Waals surface area contributed by atoms with Crippen molar-refractivity contribution in [2.24, 2.45) is 0 Å². The highest BCUT2D eigenvalue weighted by molar-refractivity contribution is 9.10. The lowest BCUT2D eigenvalue weighted by Crippen LogP contribution is -2.28. The molecule has 0 amide bonds. The van der Waals surface area contributed by atoms with Crippen LogP contribution in [-0.4, -0.2) is 29.0 Å². The molecular formula is C19H19BrN4O2. The Morgan fingerprint density at radius 2 is 2.04 bits per heavy atom. The van der Waals surface area contributed by atoms with E-state index >= 15 is 0 Å². The van der Waals surface area contributed by atoms with Crippen molar-refractivity contribution in [3.05, 3.63) is 64.4 Å². The second-order valence-corrected chi connectivity index (χ2v) is 7.06. The molecule has 2 aromatic carbocycles. The van der Waals surface area contributed by atoms with Crippen LogP contribution < -0.4 is 14.8 Å². The van der Waals surface area contributed by atoms with E-state index in [0.29, 0.717) is 0 Å². The van der Waals surface area contributed by atoms with Gasteiger partial charge in [-0.15, -0.1) is 0 Å². The van der Waals surface area contributed by atoms with Crippen molar-refractivity contribution in [2.75, 3.05) is 19.5 Å². The first-order valence-corrected chi connectivity index (χ1v) is 9.12. The van der Waals surface area contributed by atoms with Gasteiger partial charge < -0.3 is 14.8 Å². The van der Waals surface area contributed by atoms with E-state index in [4.69, 9.17) is 9.47 Å². The summed E-state index contributed by atoms with van der Waals surface area (Å²) in [4.78, 5) is 4.39. The number of hydrogen-bond acceptors (Lipinski definition) is 5. The second-order valence-electron chi connectivity index (χ2n) is 6.14. The van der Waals surface area contributed by atoms with Crippen LogP contribution >= 0.6 is 15.9 Å². The van der Waals surface area contributed by atoms with Crippen LogP contribution in [0.25, 0.3) is 0 Å². The molecule has 1 N–H and O–H groups in total. The summed E-state index contributed by atoms with van der Waals surface area (Å²) in [7, 11) is 3.35. The van der Waals surface area contributed by atoms with Gasteiger partial charge in [0, 0.05) is 10.0 Å². The van der Waals surface area contributed by atoms with Crippen LogP contribution in [0.2, 0.25) is 0 Å². The molecule has 26 heavy (non-hydrogen) atoms. The molecule has 1 aromatic heterocycles. The third kappa shape index (κ3) is 3.03. The standard InChI is InChI=1S/C19H19BrN4O2/c1-25-14-6-7-18(26-2)15(9-14)17-10-16(12-4-3-5-13(20)8-12)23-19-21-11-22-24(17)19/h3-9,11,16-17H,10H2,1-2H3,(H,21,22,23)/t16-,17-/m1/s1. The molecule has 3 aromatic rings. The first-order valence-electron chi connectivity index (χ1n) is 8.33. The van der Waals surface area contributed by atoms with E-state index < -0.39 is 0 Å². The number of nitrogens with zero attached hydrogens (tertiary/aromatic N) is 3. The van der Waals surface area contributed by atoms with Gasteiger partial charge in [0.1, 0.15) is 17.8 Å². The first-order chi connectivity index (χ1) is 12.7. The Balaban J connectivity index is 1.79.